The molecule has 0 saturated heterocycles. The van der Waals surface area contributed by atoms with Crippen molar-refractivity contribution in [3.8, 4) is 17.3 Å². The minimum atomic E-state index is -0.461. The number of hydrogen-bond donors (Lipinski definition) is 1. The van der Waals surface area contributed by atoms with Gasteiger partial charge >= 0.3 is 0 Å². The second-order valence-corrected chi connectivity index (χ2v) is 9.96. The van der Waals surface area contributed by atoms with Crippen LogP contribution in [0.15, 0.2) is 84.9 Å². The molecule has 1 N–H and O–H groups in total. The van der Waals surface area contributed by atoms with Gasteiger partial charge in [-0.1, -0.05) is 80.1 Å². The molecule has 4 rings (SSSR count). The van der Waals surface area contributed by atoms with Gasteiger partial charge in [-0.3, -0.25) is 4.90 Å². The molecule has 0 unspecified atom stereocenters. The van der Waals surface area contributed by atoms with Gasteiger partial charge in [-0.05, 0) is 56.0 Å². The lowest BCUT2D eigenvalue weighted by atomic mass is 10.1. The summed E-state index contributed by atoms with van der Waals surface area (Å²) < 4.78 is 8.38. The number of aryl methyl sites for hydroxylation is 2. The van der Waals surface area contributed by atoms with Gasteiger partial charge in [-0.15, -0.1) is 0 Å². The summed E-state index contributed by atoms with van der Waals surface area (Å²) in [6.45, 7) is 10.6. The third-order valence-corrected chi connectivity index (χ3v) is 6.16. The van der Waals surface area contributed by atoms with Gasteiger partial charge in [-0.25, -0.2) is 4.68 Å². The van der Waals surface area contributed by atoms with E-state index in [-0.39, 0.29) is 0 Å². The van der Waals surface area contributed by atoms with E-state index in [4.69, 9.17) is 9.84 Å². The molecular formula is C31H37N3O2. The van der Waals surface area contributed by atoms with Gasteiger partial charge < -0.3 is 9.84 Å². The highest BCUT2D eigenvalue weighted by Crippen LogP contribution is 2.32. The first-order valence-electron chi connectivity index (χ1n) is 12.7. The van der Waals surface area contributed by atoms with Gasteiger partial charge in [0, 0.05) is 19.6 Å². The summed E-state index contributed by atoms with van der Waals surface area (Å²) in [5, 5.41) is 15.8. The van der Waals surface area contributed by atoms with E-state index in [9.17, 15) is 5.11 Å². The second-order valence-electron chi connectivity index (χ2n) is 9.96. The molecule has 4 aromatic rings. The number of aromatic nitrogens is 2. The van der Waals surface area contributed by atoms with Crippen LogP contribution in [0.1, 0.15) is 36.2 Å². The van der Waals surface area contributed by atoms with Gasteiger partial charge in [0.1, 0.15) is 5.75 Å². The van der Waals surface area contributed by atoms with Crippen LogP contribution in [-0.4, -0.2) is 39.0 Å². The van der Waals surface area contributed by atoms with E-state index >= 15 is 0 Å². The second kappa shape index (κ2) is 12.0. The lowest BCUT2D eigenvalue weighted by molar-refractivity contribution is 0.101. The summed E-state index contributed by atoms with van der Waals surface area (Å²) in [6, 6.07) is 28.3. The molecule has 0 fully saturated rings. The molecule has 0 aliphatic rings. The lowest BCUT2D eigenvalue weighted by Gasteiger charge is -2.27. The van der Waals surface area contributed by atoms with E-state index in [1.54, 1.807) is 0 Å². The summed E-state index contributed by atoms with van der Waals surface area (Å²) in [5.41, 5.74) is 5.24. The van der Waals surface area contributed by atoms with Crippen molar-refractivity contribution in [1.29, 1.82) is 0 Å². The van der Waals surface area contributed by atoms with Crippen LogP contribution in [0, 0.1) is 19.8 Å². The molecular weight excluding hydrogens is 446 g/mol. The van der Waals surface area contributed by atoms with Crippen LogP contribution in [0.5, 0.6) is 11.6 Å². The Hall–Kier alpha value is -3.41. The van der Waals surface area contributed by atoms with Crippen molar-refractivity contribution < 1.29 is 9.84 Å². The Kier molecular flexibility index (Phi) is 8.57. The predicted octanol–water partition coefficient (Wildman–Crippen LogP) is 6.34. The number of aliphatic hydroxyl groups is 1. The molecule has 1 atom stereocenters. The minimum Gasteiger partial charge on any atom is -0.439 e. The maximum Gasteiger partial charge on any atom is 0.227 e. The fourth-order valence-corrected chi connectivity index (χ4v) is 4.48. The molecule has 0 bridgehead atoms. The van der Waals surface area contributed by atoms with Crippen molar-refractivity contribution in [3.05, 3.63) is 107 Å². The Labute approximate surface area is 215 Å². The Morgan fingerprint density at radius 2 is 1.50 bits per heavy atom. The van der Waals surface area contributed by atoms with Crippen LogP contribution in [0.3, 0.4) is 0 Å². The van der Waals surface area contributed by atoms with Crippen molar-refractivity contribution in [2.45, 2.75) is 46.8 Å². The van der Waals surface area contributed by atoms with E-state index in [1.807, 2.05) is 72.3 Å². The van der Waals surface area contributed by atoms with Gasteiger partial charge in [0.15, 0.2) is 0 Å². The maximum absolute atomic E-state index is 11.0. The van der Waals surface area contributed by atoms with Crippen molar-refractivity contribution in [3.63, 3.8) is 0 Å². The average Bonchev–Trinajstić information content (AvgIpc) is 3.16. The zero-order valence-corrected chi connectivity index (χ0v) is 21.8. The first-order chi connectivity index (χ1) is 17.4. The van der Waals surface area contributed by atoms with Gasteiger partial charge in [0.05, 0.1) is 23.0 Å². The smallest absolute Gasteiger partial charge is 0.227 e. The largest absolute Gasteiger partial charge is 0.439 e. The molecule has 5 heteroatoms. The van der Waals surface area contributed by atoms with Crippen molar-refractivity contribution >= 4 is 0 Å². The average molecular weight is 484 g/mol. The van der Waals surface area contributed by atoms with Gasteiger partial charge in [0.2, 0.25) is 5.88 Å². The van der Waals surface area contributed by atoms with Crippen LogP contribution in [0.25, 0.3) is 5.69 Å². The van der Waals surface area contributed by atoms with Gasteiger partial charge in [0.25, 0.3) is 0 Å². The highest BCUT2D eigenvalue weighted by molar-refractivity contribution is 5.43. The molecule has 0 radical (unpaired) electrons. The summed E-state index contributed by atoms with van der Waals surface area (Å²) in [4.78, 5) is 2.32. The Morgan fingerprint density at radius 1 is 0.861 bits per heavy atom. The summed E-state index contributed by atoms with van der Waals surface area (Å²) >= 11 is 0. The molecule has 1 aromatic heterocycles. The number of para-hydroxylation sites is 1. The topological polar surface area (TPSA) is 50.5 Å². The Balaban J connectivity index is 1.64. The quantitative estimate of drug-likeness (QED) is 0.270. The third-order valence-electron chi connectivity index (χ3n) is 6.16. The summed E-state index contributed by atoms with van der Waals surface area (Å²) in [7, 11) is 0. The van der Waals surface area contributed by atoms with Crippen LogP contribution in [0.2, 0.25) is 0 Å². The molecule has 0 saturated carbocycles. The molecule has 0 aliphatic heterocycles. The van der Waals surface area contributed by atoms with Crippen LogP contribution in [-0.2, 0) is 13.0 Å². The minimum absolute atomic E-state index is 0.458. The van der Waals surface area contributed by atoms with Crippen molar-refractivity contribution in [2.75, 3.05) is 13.1 Å². The Morgan fingerprint density at radius 3 is 2.14 bits per heavy atom. The molecule has 5 nitrogen and oxygen atoms in total. The number of rotatable bonds is 11. The standard InChI is InChI=1S/C31H37N3O2/c1-23(2)20-33(21-28(35)19-26-11-7-5-8-12-26)22-30-25(4)32-34(27-13-9-6-10-14-27)31(30)36-29-17-15-24(3)16-18-29/h5-18,23,28,35H,19-22H2,1-4H3/t28-/m1/s1. The van der Waals surface area contributed by atoms with E-state index in [0.717, 1.165) is 34.8 Å². The van der Waals surface area contributed by atoms with Crippen LogP contribution < -0.4 is 4.74 Å². The fraction of sp³-hybridized carbons (Fsp3) is 0.323. The first kappa shape index (κ1) is 25.7. The maximum atomic E-state index is 11.0. The zero-order valence-electron chi connectivity index (χ0n) is 21.8. The predicted molar refractivity (Wildman–Crippen MR) is 146 cm³/mol. The summed E-state index contributed by atoms with van der Waals surface area (Å²) in [6.07, 6.45) is 0.168. The number of ether oxygens (including phenoxy) is 1. The first-order valence-corrected chi connectivity index (χ1v) is 12.7. The third kappa shape index (κ3) is 6.84. The SMILES string of the molecule is Cc1ccc(Oc2c(CN(CC(C)C)C[C@H](O)Cc3ccccc3)c(C)nn2-c2ccccc2)cc1. The van der Waals surface area contributed by atoms with E-state index in [1.165, 1.54) is 5.56 Å². The highest BCUT2D eigenvalue weighted by atomic mass is 16.5. The fourth-order valence-electron chi connectivity index (χ4n) is 4.48. The number of nitrogens with zero attached hydrogens (tertiary/aromatic N) is 3. The molecule has 0 amide bonds. The lowest BCUT2D eigenvalue weighted by Crippen LogP contribution is -2.35. The molecule has 0 aliphatic carbocycles. The molecule has 3 aromatic carbocycles. The highest BCUT2D eigenvalue weighted by Gasteiger charge is 2.23. The van der Waals surface area contributed by atoms with E-state index < -0.39 is 6.10 Å². The van der Waals surface area contributed by atoms with Crippen LogP contribution >= 0.6 is 0 Å². The van der Waals surface area contributed by atoms with Crippen molar-refractivity contribution in [1.82, 2.24) is 14.7 Å². The number of aliphatic hydroxyl groups excluding tert-OH is 1. The molecule has 36 heavy (non-hydrogen) atoms. The zero-order chi connectivity index (χ0) is 25.5. The van der Waals surface area contributed by atoms with Gasteiger partial charge in [-0.2, -0.15) is 5.10 Å². The summed E-state index contributed by atoms with van der Waals surface area (Å²) in [5.74, 6) is 1.95. The van der Waals surface area contributed by atoms with E-state index in [0.29, 0.717) is 31.3 Å². The molecule has 1 heterocycles. The molecule has 188 valence electrons. The van der Waals surface area contributed by atoms with Crippen molar-refractivity contribution in [2.24, 2.45) is 5.92 Å². The Bertz CT molecular complexity index is 1220. The number of hydrogen-bond acceptors (Lipinski definition) is 4. The van der Waals surface area contributed by atoms with Crippen LogP contribution in [0.4, 0.5) is 0 Å². The monoisotopic (exact) mass is 483 g/mol. The normalized spacial score (nSPS) is 12.3. The van der Waals surface area contributed by atoms with E-state index in [2.05, 4.69) is 49.9 Å². The molecule has 0 spiro atoms. The number of benzene rings is 3.